The van der Waals surface area contributed by atoms with Crippen LogP contribution in [0.3, 0.4) is 0 Å². The van der Waals surface area contributed by atoms with E-state index in [9.17, 15) is 18.0 Å². The molecule has 0 bridgehead atoms. The number of carbonyl (C=O) groups excluding carboxylic acids is 1. The highest BCUT2D eigenvalue weighted by Gasteiger charge is 2.32. The van der Waals surface area contributed by atoms with E-state index < -0.39 is 18.0 Å². The van der Waals surface area contributed by atoms with Gasteiger partial charge in [-0.3, -0.25) is 4.79 Å². The van der Waals surface area contributed by atoms with Crippen LogP contribution in [0, 0.1) is 0 Å². The zero-order valence-electron chi connectivity index (χ0n) is 13.4. The molecule has 1 aromatic heterocycles. The molecule has 0 fully saturated rings. The van der Waals surface area contributed by atoms with Crippen LogP contribution < -0.4 is 10.1 Å². The number of nitrogens with zero attached hydrogens (tertiary/aromatic N) is 2. The van der Waals surface area contributed by atoms with Crippen molar-refractivity contribution in [2.75, 3.05) is 5.32 Å². The highest BCUT2D eigenvalue weighted by atomic mass is 19.4. The van der Waals surface area contributed by atoms with Crippen molar-refractivity contribution in [1.82, 2.24) is 9.78 Å². The summed E-state index contributed by atoms with van der Waals surface area (Å²) in [5, 5.41) is 6.78. The fourth-order valence-electron chi connectivity index (χ4n) is 2.35. The Labute approximate surface area is 147 Å². The van der Waals surface area contributed by atoms with Gasteiger partial charge in [-0.05, 0) is 18.2 Å². The standard InChI is InChI=1S/C18H14F3N3O2/c19-18(20,21)26-15-9-5-4-6-13(15)12-17(25)22-16-10-11-24(23-16)14-7-2-1-3-8-14/h1-11H,12H2,(H,22,23,25). The van der Waals surface area contributed by atoms with Crippen molar-refractivity contribution in [2.45, 2.75) is 12.8 Å². The minimum Gasteiger partial charge on any atom is -0.405 e. The van der Waals surface area contributed by atoms with Gasteiger partial charge in [0.15, 0.2) is 5.82 Å². The molecule has 0 aliphatic rings. The molecule has 0 unspecified atom stereocenters. The molecule has 0 atom stereocenters. The van der Waals surface area contributed by atoms with Crippen molar-refractivity contribution in [3.8, 4) is 11.4 Å². The number of aromatic nitrogens is 2. The normalized spacial score (nSPS) is 11.2. The molecule has 3 rings (SSSR count). The molecule has 0 saturated carbocycles. The van der Waals surface area contributed by atoms with Crippen molar-refractivity contribution in [3.05, 3.63) is 72.4 Å². The number of rotatable bonds is 5. The molecule has 0 aliphatic heterocycles. The van der Waals surface area contributed by atoms with E-state index >= 15 is 0 Å². The second-order valence-corrected chi connectivity index (χ2v) is 5.36. The Morgan fingerprint density at radius 2 is 1.73 bits per heavy atom. The predicted octanol–water partition coefficient (Wildman–Crippen LogP) is 3.95. The van der Waals surface area contributed by atoms with Crippen LogP contribution >= 0.6 is 0 Å². The van der Waals surface area contributed by atoms with Crippen molar-refractivity contribution in [1.29, 1.82) is 0 Å². The molecule has 0 aliphatic carbocycles. The third-order valence-electron chi connectivity index (χ3n) is 3.43. The van der Waals surface area contributed by atoms with Crippen LogP contribution in [-0.4, -0.2) is 22.1 Å². The number of halogens is 3. The molecule has 2 aromatic carbocycles. The van der Waals surface area contributed by atoms with Gasteiger partial charge in [0.05, 0.1) is 12.1 Å². The van der Waals surface area contributed by atoms with Crippen LogP contribution in [-0.2, 0) is 11.2 Å². The van der Waals surface area contributed by atoms with Gasteiger partial charge >= 0.3 is 6.36 Å². The van der Waals surface area contributed by atoms with Crippen molar-refractivity contribution in [3.63, 3.8) is 0 Å². The Morgan fingerprint density at radius 1 is 1.04 bits per heavy atom. The number of hydrogen-bond donors (Lipinski definition) is 1. The largest absolute Gasteiger partial charge is 0.573 e. The van der Waals surface area contributed by atoms with E-state index in [2.05, 4.69) is 15.2 Å². The number of ether oxygens (including phenoxy) is 1. The van der Waals surface area contributed by atoms with E-state index in [4.69, 9.17) is 0 Å². The lowest BCUT2D eigenvalue weighted by atomic mass is 10.1. The molecule has 0 radical (unpaired) electrons. The van der Waals surface area contributed by atoms with E-state index in [1.54, 1.807) is 16.9 Å². The van der Waals surface area contributed by atoms with Crippen LogP contribution in [0.1, 0.15) is 5.56 Å². The third-order valence-corrected chi connectivity index (χ3v) is 3.43. The average Bonchev–Trinajstić information content (AvgIpc) is 3.04. The lowest BCUT2D eigenvalue weighted by Crippen LogP contribution is -2.20. The summed E-state index contributed by atoms with van der Waals surface area (Å²) in [5.74, 6) is -0.598. The van der Waals surface area contributed by atoms with Gasteiger partial charge in [0.2, 0.25) is 5.91 Å². The summed E-state index contributed by atoms with van der Waals surface area (Å²) in [4.78, 5) is 12.1. The van der Waals surface area contributed by atoms with Gasteiger partial charge < -0.3 is 10.1 Å². The van der Waals surface area contributed by atoms with Gasteiger partial charge in [-0.15, -0.1) is 13.2 Å². The Bertz CT molecular complexity index is 892. The lowest BCUT2D eigenvalue weighted by molar-refractivity contribution is -0.274. The number of benzene rings is 2. The van der Waals surface area contributed by atoms with Crippen LogP contribution in [0.5, 0.6) is 5.75 Å². The van der Waals surface area contributed by atoms with Crippen LogP contribution in [0.15, 0.2) is 66.9 Å². The fraction of sp³-hybridized carbons (Fsp3) is 0.111. The zero-order chi connectivity index (χ0) is 18.6. The van der Waals surface area contributed by atoms with Crippen LogP contribution in [0.2, 0.25) is 0 Å². The Hall–Kier alpha value is -3.29. The second kappa shape index (κ2) is 7.30. The molecule has 0 saturated heterocycles. The zero-order valence-corrected chi connectivity index (χ0v) is 13.4. The van der Waals surface area contributed by atoms with Crippen LogP contribution in [0.25, 0.3) is 5.69 Å². The SMILES string of the molecule is O=C(Cc1ccccc1OC(F)(F)F)Nc1ccn(-c2ccccc2)n1. The number of anilines is 1. The van der Waals surface area contributed by atoms with Crippen molar-refractivity contribution >= 4 is 11.7 Å². The first-order valence-corrected chi connectivity index (χ1v) is 7.65. The summed E-state index contributed by atoms with van der Waals surface area (Å²) in [7, 11) is 0. The lowest BCUT2D eigenvalue weighted by Gasteiger charge is -2.12. The van der Waals surface area contributed by atoms with Crippen molar-refractivity contribution in [2.24, 2.45) is 0 Å². The summed E-state index contributed by atoms with van der Waals surface area (Å²) in [6.45, 7) is 0. The first-order valence-electron chi connectivity index (χ1n) is 7.65. The molecule has 3 aromatic rings. The number of carbonyl (C=O) groups is 1. The van der Waals surface area contributed by atoms with Crippen molar-refractivity contribution < 1.29 is 22.7 Å². The first kappa shape index (κ1) is 17.5. The Kier molecular flexibility index (Phi) is 4.92. The highest BCUT2D eigenvalue weighted by Crippen LogP contribution is 2.26. The molecule has 1 N–H and O–H groups in total. The number of amides is 1. The van der Waals surface area contributed by atoms with E-state index in [-0.39, 0.29) is 12.0 Å². The summed E-state index contributed by atoms with van der Waals surface area (Å²) in [5.41, 5.74) is 0.946. The molecule has 134 valence electrons. The van der Waals surface area contributed by atoms with Gasteiger partial charge in [0.1, 0.15) is 5.75 Å². The van der Waals surface area contributed by atoms with Gasteiger partial charge in [-0.2, -0.15) is 5.10 Å². The number of para-hydroxylation sites is 2. The number of alkyl halides is 3. The van der Waals surface area contributed by atoms with Gasteiger partial charge in [0.25, 0.3) is 0 Å². The Morgan fingerprint density at radius 3 is 2.46 bits per heavy atom. The second-order valence-electron chi connectivity index (χ2n) is 5.36. The fourth-order valence-corrected chi connectivity index (χ4v) is 2.35. The molecular formula is C18H14F3N3O2. The average molecular weight is 361 g/mol. The van der Waals surface area contributed by atoms with E-state index in [1.807, 2.05) is 30.3 Å². The maximum atomic E-state index is 12.4. The monoisotopic (exact) mass is 361 g/mol. The maximum absolute atomic E-state index is 12.4. The minimum absolute atomic E-state index is 0.129. The van der Waals surface area contributed by atoms with Gasteiger partial charge in [0, 0.05) is 17.8 Å². The summed E-state index contributed by atoms with van der Waals surface area (Å²) >= 11 is 0. The molecule has 1 amide bonds. The molecular weight excluding hydrogens is 347 g/mol. The van der Waals surface area contributed by atoms with E-state index in [1.165, 1.54) is 24.3 Å². The summed E-state index contributed by atoms with van der Waals surface area (Å²) < 4.78 is 42.8. The first-order chi connectivity index (χ1) is 12.4. The Balaban J connectivity index is 1.68. The topological polar surface area (TPSA) is 56.1 Å². The highest BCUT2D eigenvalue weighted by molar-refractivity contribution is 5.91. The molecule has 8 heteroatoms. The molecule has 0 spiro atoms. The van der Waals surface area contributed by atoms with Gasteiger partial charge in [-0.25, -0.2) is 4.68 Å². The minimum atomic E-state index is -4.82. The summed E-state index contributed by atoms with van der Waals surface area (Å²) in [6.07, 6.45) is -3.42. The van der Waals surface area contributed by atoms with Gasteiger partial charge in [-0.1, -0.05) is 36.4 Å². The molecule has 5 nitrogen and oxygen atoms in total. The van der Waals surface area contributed by atoms with Crippen LogP contribution in [0.4, 0.5) is 19.0 Å². The summed E-state index contributed by atoms with van der Waals surface area (Å²) in [6, 6.07) is 16.4. The number of nitrogens with one attached hydrogen (secondary N) is 1. The van der Waals surface area contributed by atoms with E-state index in [0.717, 1.165) is 5.69 Å². The molecule has 1 heterocycles. The van der Waals surface area contributed by atoms with E-state index in [0.29, 0.717) is 5.82 Å². The smallest absolute Gasteiger partial charge is 0.405 e. The third kappa shape index (κ3) is 4.62. The molecule has 26 heavy (non-hydrogen) atoms. The maximum Gasteiger partial charge on any atom is 0.573 e. The predicted molar refractivity (Wildman–Crippen MR) is 89.0 cm³/mol. The number of hydrogen-bond acceptors (Lipinski definition) is 3. The quantitative estimate of drug-likeness (QED) is 0.749.